The molecule has 0 atom stereocenters. The van der Waals surface area contributed by atoms with Crippen molar-refractivity contribution in [3.05, 3.63) is 102 Å². The number of benzene rings is 3. The monoisotopic (exact) mass is 299 g/mol. The molecule has 3 aromatic carbocycles. The highest BCUT2D eigenvalue weighted by molar-refractivity contribution is 6.13. The lowest BCUT2D eigenvalue weighted by Crippen LogP contribution is -2.03. The Bertz CT molecular complexity index is 769. The molecule has 0 aromatic heterocycles. The Morgan fingerprint density at radius 2 is 1.17 bits per heavy atom. The van der Waals surface area contributed by atoms with Crippen molar-refractivity contribution in [3.8, 4) is 0 Å². The topological polar surface area (TPSA) is 12.4 Å². The average molecular weight is 299 g/mol. The van der Waals surface area contributed by atoms with Crippen molar-refractivity contribution >= 4 is 11.4 Å². The van der Waals surface area contributed by atoms with Gasteiger partial charge in [0.25, 0.3) is 0 Å². The first-order valence-electron chi connectivity index (χ1n) is 8.03. The van der Waals surface area contributed by atoms with Crippen molar-refractivity contribution in [1.82, 2.24) is 0 Å². The standard InChI is InChI=1S/C22H21N/c1-17(2)18-13-15-20(16-14-18)22(19-9-5-3-6-10-19)23-21-11-7-4-8-12-21/h3-17H,1-2H3. The van der Waals surface area contributed by atoms with Gasteiger partial charge in [-0.3, -0.25) is 0 Å². The molecule has 0 heterocycles. The Balaban J connectivity index is 2.07. The average Bonchev–Trinajstić information content (AvgIpc) is 2.61. The van der Waals surface area contributed by atoms with Crippen LogP contribution in [-0.2, 0) is 0 Å². The van der Waals surface area contributed by atoms with Gasteiger partial charge in [-0.2, -0.15) is 0 Å². The van der Waals surface area contributed by atoms with Crippen LogP contribution in [0.3, 0.4) is 0 Å². The van der Waals surface area contributed by atoms with E-state index in [0.29, 0.717) is 5.92 Å². The van der Waals surface area contributed by atoms with Crippen LogP contribution in [0.25, 0.3) is 0 Å². The van der Waals surface area contributed by atoms with E-state index in [4.69, 9.17) is 4.99 Å². The van der Waals surface area contributed by atoms with Crippen LogP contribution in [0.5, 0.6) is 0 Å². The van der Waals surface area contributed by atoms with Crippen LogP contribution < -0.4 is 0 Å². The van der Waals surface area contributed by atoms with E-state index < -0.39 is 0 Å². The molecule has 0 fully saturated rings. The summed E-state index contributed by atoms with van der Waals surface area (Å²) in [6.07, 6.45) is 0. The molecule has 23 heavy (non-hydrogen) atoms. The van der Waals surface area contributed by atoms with Crippen LogP contribution in [0.1, 0.15) is 36.5 Å². The summed E-state index contributed by atoms with van der Waals surface area (Å²) in [5.41, 5.74) is 5.60. The Hall–Kier alpha value is -2.67. The molecule has 0 unspecified atom stereocenters. The van der Waals surface area contributed by atoms with Gasteiger partial charge in [0.1, 0.15) is 0 Å². The fraction of sp³-hybridized carbons (Fsp3) is 0.136. The number of rotatable bonds is 4. The summed E-state index contributed by atoms with van der Waals surface area (Å²) in [4.78, 5) is 4.89. The molecule has 0 aliphatic heterocycles. The number of nitrogens with zero attached hydrogens (tertiary/aromatic N) is 1. The third kappa shape index (κ3) is 3.75. The zero-order valence-electron chi connectivity index (χ0n) is 13.6. The first-order valence-corrected chi connectivity index (χ1v) is 8.03. The van der Waals surface area contributed by atoms with E-state index in [1.165, 1.54) is 5.56 Å². The largest absolute Gasteiger partial charge is 0.248 e. The summed E-state index contributed by atoms with van der Waals surface area (Å²) in [5.74, 6) is 0.537. The Kier molecular flexibility index (Phi) is 4.68. The minimum atomic E-state index is 0.537. The van der Waals surface area contributed by atoms with E-state index in [9.17, 15) is 0 Å². The van der Waals surface area contributed by atoms with Crippen LogP contribution in [0, 0.1) is 0 Å². The highest BCUT2D eigenvalue weighted by Gasteiger charge is 2.08. The number of aliphatic imine (C=N–C) groups is 1. The van der Waals surface area contributed by atoms with Gasteiger partial charge in [0.05, 0.1) is 11.4 Å². The lowest BCUT2D eigenvalue weighted by Gasteiger charge is -2.10. The maximum Gasteiger partial charge on any atom is 0.0781 e. The summed E-state index contributed by atoms with van der Waals surface area (Å²) < 4.78 is 0. The van der Waals surface area contributed by atoms with Crippen molar-refractivity contribution in [2.24, 2.45) is 4.99 Å². The van der Waals surface area contributed by atoms with Gasteiger partial charge < -0.3 is 0 Å². The van der Waals surface area contributed by atoms with Crippen molar-refractivity contribution in [1.29, 1.82) is 0 Å². The summed E-state index contributed by atoms with van der Waals surface area (Å²) >= 11 is 0. The van der Waals surface area contributed by atoms with Crippen molar-refractivity contribution < 1.29 is 0 Å². The van der Waals surface area contributed by atoms with E-state index in [2.05, 4.69) is 62.4 Å². The summed E-state index contributed by atoms with van der Waals surface area (Å²) in [6, 6.07) is 29.2. The lowest BCUT2D eigenvalue weighted by molar-refractivity contribution is 0.866. The minimum Gasteiger partial charge on any atom is -0.248 e. The number of para-hydroxylation sites is 1. The molecule has 0 bridgehead atoms. The van der Waals surface area contributed by atoms with Gasteiger partial charge in [0.15, 0.2) is 0 Å². The van der Waals surface area contributed by atoms with Gasteiger partial charge in [-0.1, -0.05) is 86.6 Å². The van der Waals surface area contributed by atoms with Gasteiger partial charge in [-0.25, -0.2) is 4.99 Å². The second kappa shape index (κ2) is 7.06. The predicted octanol–water partition coefficient (Wildman–Crippen LogP) is 5.98. The number of hydrogen-bond donors (Lipinski definition) is 0. The van der Waals surface area contributed by atoms with Crippen molar-refractivity contribution in [2.75, 3.05) is 0 Å². The molecule has 0 saturated carbocycles. The quantitative estimate of drug-likeness (QED) is 0.525. The molecule has 0 N–H and O–H groups in total. The molecule has 0 amide bonds. The molecule has 1 heteroatoms. The van der Waals surface area contributed by atoms with E-state index in [0.717, 1.165) is 22.5 Å². The van der Waals surface area contributed by atoms with Crippen molar-refractivity contribution in [3.63, 3.8) is 0 Å². The van der Waals surface area contributed by atoms with E-state index in [1.54, 1.807) is 0 Å². The smallest absolute Gasteiger partial charge is 0.0781 e. The zero-order chi connectivity index (χ0) is 16.1. The second-order valence-electron chi connectivity index (χ2n) is 5.94. The molecule has 3 aromatic rings. The van der Waals surface area contributed by atoms with Gasteiger partial charge in [0, 0.05) is 11.1 Å². The Morgan fingerprint density at radius 3 is 1.74 bits per heavy atom. The first kappa shape index (κ1) is 15.2. The Labute approximate surface area is 138 Å². The molecular weight excluding hydrogens is 278 g/mol. The fourth-order valence-electron chi connectivity index (χ4n) is 2.55. The SMILES string of the molecule is CC(C)c1ccc(C(=Nc2ccccc2)c2ccccc2)cc1. The number of hydrogen-bond acceptors (Lipinski definition) is 1. The van der Waals surface area contributed by atoms with Crippen LogP contribution in [0.15, 0.2) is 89.9 Å². The predicted molar refractivity (Wildman–Crippen MR) is 98.7 cm³/mol. The molecule has 0 aliphatic carbocycles. The van der Waals surface area contributed by atoms with Gasteiger partial charge >= 0.3 is 0 Å². The van der Waals surface area contributed by atoms with Crippen molar-refractivity contribution in [2.45, 2.75) is 19.8 Å². The maximum absolute atomic E-state index is 4.89. The third-order valence-corrected chi connectivity index (χ3v) is 3.90. The minimum absolute atomic E-state index is 0.537. The Morgan fingerprint density at radius 1 is 0.652 bits per heavy atom. The maximum atomic E-state index is 4.89. The van der Waals surface area contributed by atoms with Gasteiger partial charge in [-0.05, 0) is 23.6 Å². The molecular formula is C22H21N. The zero-order valence-corrected chi connectivity index (χ0v) is 13.6. The first-order chi connectivity index (χ1) is 11.2. The van der Waals surface area contributed by atoms with Gasteiger partial charge in [0.2, 0.25) is 0 Å². The van der Waals surface area contributed by atoms with E-state index in [1.807, 2.05) is 36.4 Å². The van der Waals surface area contributed by atoms with Crippen LogP contribution >= 0.6 is 0 Å². The molecule has 3 rings (SSSR count). The molecule has 1 nitrogen and oxygen atoms in total. The van der Waals surface area contributed by atoms with Crippen LogP contribution in [-0.4, -0.2) is 5.71 Å². The van der Waals surface area contributed by atoms with E-state index >= 15 is 0 Å². The highest BCUT2D eigenvalue weighted by Crippen LogP contribution is 2.20. The molecule has 0 aliphatic rings. The molecule has 0 spiro atoms. The molecule has 0 radical (unpaired) electrons. The highest BCUT2D eigenvalue weighted by atomic mass is 14.7. The van der Waals surface area contributed by atoms with Crippen LogP contribution in [0.4, 0.5) is 5.69 Å². The normalized spacial score (nSPS) is 11.7. The molecule has 0 saturated heterocycles. The van der Waals surface area contributed by atoms with Gasteiger partial charge in [-0.15, -0.1) is 0 Å². The molecule has 114 valence electrons. The second-order valence-corrected chi connectivity index (χ2v) is 5.94. The van der Waals surface area contributed by atoms with E-state index in [-0.39, 0.29) is 0 Å². The third-order valence-electron chi connectivity index (χ3n) is 3.90. The fourth-order valence-corrected chi connectivity index (χ4v) is 2.55. The summed E-state index contributed by atoms with van der Waals surface area (Å²) in [5, 5.41) is 0. The van der Waals surface area contributed by atoms with Crippen LogP contribution in [0.2, 0.25) is 0 Å². The summed E-state index contributed by atoms with van der Waals surface area (Å²) in [7, 11) is 0. The summed E-state index contributed by atoms with van der Waals surface area (Å²) in [6.45, 7) is 4.43. The lowest BCUT2D eigenvalue weighted by atomic mass is 9.97.